The molecule has 1 heterocycles. The summed E-state index contributed by atoms with van der Waals surface area (Å²) in [6, 6.07) is 0. The van der Waals surface area contributed by atoms with Crippen molar-refractivity contribution in [2.24, 2.45) is 11.7 Å². The zero-order valence-electron chi connectivity index (χ0n) is 13.4. The number of hydrogen-bond donors (Lipinski definition) is 2. The molecule has 0 aromatic carbocycles. The van der Waals surface area contributed by atoms with Crippen LogP contribution in [0.25, 0.3) is 0 Å². The molecule has 1 rings (SSSR count). The van der Waals surface area contributed by atoms with Crippen molar-refractivity contribution in [2.45, 2.75) is 32.6 Å². The molecular formula is C15H30N4O2. The number of nitrogens with two attached hydrogens (primary N) is 1. The maximum atomic E-state index is 11.9. The molecule has 0 unspecified atom stereocenters. The highest BCUT2D eigenvalue weighted by Gasteiger charge is 2.20. The second-order valence-corrected chi connectivity index (χ2v) is 5.93. The highest BCUT2D eigenvalue weighted by molar-refractivity contribution is 5.76. The number of carbonyl (C=O) groups is 2. The van der Waals surface area contributed by atoms with Crippen molar-refractivity contribution >= 4 is 11.8 Å². The first-order valence-electron chi connectivity index (χ1n) is 7.93. The molecule has 0 radical (unpaired) electrons. The molecule has 1 aliphatic heterocycles. The molecule has 0 aromatic rings. The third-order valence-electron chi connectivity index (χ3n) is 4.11. The standard InChI is InChI=1S/C15H30N4O2/c1-13(20)17-12-14-4-9-19(10-5-14)11-6-15(21)18(2)8-3-7-16/h14H,3-12,16H2,1-2H3,(H,17,20). The second kappa shape index (κ2) is 9.73. The molecule has 0 atom stereocenters. The van der Waals surface area contributed by atoms with Crippen LogP contribution in [0.1, 0.15) is 32.6 Å². The smallest absolute Gasteiger partial charge is 0.223 e. The third kappa shape index (κ3) is 7.43. The van der Waals surface area contributed by atoms with Crippen molar-refractivity contribution in [1.29, 1.82) is 0 Å². The van der Waals surface area contributed by atoms with Crippen LogP contribution in [-0.4, -0.2) is 67.9 Å². The van der Waals surface area contributed by atoms with Gasteiger partial charge in [0.25, 0.3) is 0 Å². The van der Waals surface area contributed by atoms with Gasteiger partial charge in [0.05, 0.1) is 0 Å². The van der Waals surface area contributed by atoms with E-state index in [1.54, 1.807) is 11.8 Å². The molecule has 6 heteroatoms. The Kier molecular flexibility index (Phi) is 8.30. The fourth-order valence-electron chi connectivity index (χ4n) is 2.60. The number of likely N-dealkylation sites (tertiary alicyclic amines) is 1. The summed E-state index contributed by atoms with van der Waals surface area (Å²) in [6.07, 6.45) is 3.63. The van der Waals surface area contributed by atoms with Crippen LogP contribution >= 0.6 is 0 Å². The minimum absolute atomic E-state index is 0.0449. The van der Waals surface area contributed by atoms with Crippen LogP contribution in [0.5, 0.6) is 0 Å². The van der Waals surface area contributed by atoms with Crippen molar-refractivity contribution < 1.29 is 9.59 Å². The SMILES string of the molecule is CC(=O)NCC1CCN(CCC(=O)N(C)CCCN)CC1. The van der Waals surface area contributed by atoms with Gasteiger partial charge < -0.3 is 20.9 Å². The number of piperidine rings is 1. The van der Waals surface area contributed by atoms with E-state index in [1.807, 2.05) is 7.05 Å². The number of rotatable bonds is 8. The van der Waals surface area contributed by atoms with Gasteiger partial charge in [0.15, 0.2) is 0 Å². The summed E-state index contributed by atoms with van der Waals surface area (Å²) in [5.74, 6) is 0.820. The predicted octanol–water partition coefficient (Wildman–Crippen LogP) is 0.0318. The van der Waals surface area contributed by atoms with Crippen LogP contribution in [0.3, 0.4) is 0 Å². The lowest BCUT2D eigenvalue weighted by Crippen LogP contribution is -2.40. The van der Waals surface area contributed by atoms with Gasteiger partial charge in [0.1, 0.15) is 0 Å². The number of nitrogens with one attached hydrogen (secondary N) is 1. The fourth-order valence-corrected chi connectivity index (χ4v) is 2.60. The highest BCUT2D eigenvalue weighted by Crippen LogP contribution is 2.16. The molecule has 0 bridgehead atoms. The quantitative estimate of drug-likeness (QED) is 0.663. The summed E-state index contributed by atoms with van der Waals surface area (Å²) in [7, 11) is 1.84. The molecule has 1 aliphatic rings. The van der Waals surface area contributed by atoms with Crippen molar-refractivity contribution in [3.63, 3.8) is 0 Å². The van der Waals surface area contributed by atoms with Gasteiger partial charge in [-0.25, -0.2) is 0 Å². The Morgan fingerprint density at radius 2 is 2.00 bits per heavy atom. The lowest BCUT2D eigenvalue weighted by atomic mass is 9.96. The maximum Gasteiger partial charge on any atom is 0.223 e. The van der Waals surface area contributed by atoms with E-state index in [1.165, 1.54) is 0 Å². The first kappa shape index (κ1) is 17.9. The molecule has 21 heavy (non-hydrogen) atoms. The summed E-state index contributed by atoms with van der Waals surface area (Å²) < 4.78 is 0. The molecular weight excluding hydrogens is 268 g/mol. The largest absolute Gasteiger partial charge is 0.356 e. The van der Waals surface area contributed by atoms with E-state index in [2.05, 4.69) is 10.2 Å². The highest BCUT2D eigenvalue weighted by atomic mass is 16.2. The first-order chi connectivity index (χ1) is 10.0. The van der Waals surface area contributed by atoms with Crippen molar-refractivity contribution in [2.75, 3.05) is 46.3 Å². The fraction of sp³-hybridized carbons (Fsp3) is 0.867. The molecule has 0 aromatic heterocycles. The number of amides is 2. The summed E-state index contributed by atoms with van der Waals surface area (Å²) in [4.78, 5) is 27.0. The molecule has 0 spiro atoms. The van der Waals surface area contributed by atoms with Crippen LogP contribution in [0, 0.1) is 5.92 Å². The third-order valence-corrected chi connectivity index (χ3v) is 4.11. The second-order valence-electron chi connectivity index (χ2n) is 5.93. The number of hydrogen-bond acceptors (Lipinski definition) is 4. The van der Waals surface area contributed by atoms with Crippen LogP contribution in [-0.2, 0) is 9.59 Å². The van der Waals surface area contributed by atoms with E-state index in [-0.39, 0.29) is 11.8 Å². The Morgan fingerprint density at radius 1 is 1.33 bits per heavy atom. The average molecular weight is 298 g/mol. The van der Waals surface area contributed by atoms with Gasteiger partial charge in [-0.3, -0.25) is 9.59 Å². The Labute approximate surface area is 128 Å². The lowest BCUT2D eigenvalue weighted by Gasteiger charge is -2.32. The molecule has 122 valence electrons. The Balaban J connectivity index is 2.15. The summed E-state index contributed by atoms with van der Waals surface area (Å²) in [5, 5.41) is 2.89. The topological polar surface area (TPSA) is 78.7 Å². The average Bonchev–Trinajstić information content (AvgIpc) is 2.49. The number of nitrogens with zero attached hydrogens (tertiary/aromatic N) is 2. The van der Waals surface area contributed by atoms with E-state index >= 15 is 0 Å². The molecule has 3 N–H and O–H groups in total. The molecule has 1 saturated heterocycles. The van der Waals surface area contributed by atoms with Gasteiger partial charge >= 0.3 is 0 Å². The molecule has 0 aliphatic carbocycles. The van der Waals surface area contributed by atoms with Crippen LogP contribution in [0.2, 0.25) is 0 Å². The van der Waals surface area contributed by atoms with Crippen LogP contribution in [0.4, 0.5) is 0 Å². The molecule has 1 fully saturated rings. The minimum Gasteiger partial charge on any atom is -0.356 e. The van der Waals surface area contributed by atoms with E-state index < -0.39 is 0 Å². The monoisotopic (exact) mass is 298 g/mol. The zero-order chi connectivity index (χ0) is 15.7. The van der Waals surface area contributed by atoms with Crippen LogP contribution < -0.4 is 11.1 Å². The van der Waals surface area contributed by atoms with Gasteiger partial charge in [-0.2, -0.15) is 0 Å². The van der Waals surface area contributed by atoms with E-state index in [4.69, 9.17) is 5.73 Å². The summed E-state index contributed by atoms with van der Waals surface area (Å²) in [5.41, 5.74) is 5.45. The van der Waals surface area contributed by atoms with Crippen LogP contribution in [0.15, 0.2) is 0 Å². The first-order valence-corrected chi connectivity index (χ1v) is 7.93. The van der Waals surface area contributed by atoms with E-state index in [0.717, 1.165) is 52.0 Å². The van der Waals surface area contributed by atoms with Crippen molar-refractivity contribution in [1.82, 2.24) is 15.1 Å². The van der Waals surface area contributed by atoms with Crippen molar-refractivity contribution in [3.05, 3.63) is 0 Å². The molecule has 0 saturated carbocycles. The normalized spacial score (nSPS) is 16.7. The van der Waals surface area contributed by atoms with E-state index in [9.17, 15) is 9.59 Å². The van der Waals surface area contributed by atoms with Gasteiger partial charge in [-0.15, -0.1) is 0 Å². The lowest BCUT2D eigenvalue weighted by molar-refractivity contribution is -0.130. The zero-order valence-corrected chi connectivity index (χ0v) is 13.4. The summed E-state index contributed by atoms with van der Waals surface area (Å²) in [6.45, 7) is 6.58. The molecule has 6 nitrogen and oxygen atoms in total. The minimum atomic E-state index is 0.0449. The van der Waals surface area contributed by atoms with Crippen molar-refractivity contribution in [3.8, 4) is 0 Å². The number of carbonyl (C=O) groups excluding carboxylic acids is 2. The molecule has 2 amide bonds. The summed E-state index contributed by atoms with van der Waals surface area (Å²) >= 11 is 0. The van der Waals surface area contributed by atoms with Gasteiger partial charge in [-0.05, 0) is 44.8 Å². The Bertz CT molecular complexity index is 328. The van der Waals surface area contributed by atoms with Gasteiger partial charge in [0, 0.05) is 40.0 Å². The Morgan fingerprint density at radius 3 is 2.57 bits per heavy atom. The maximum absolute atomic E-state index is 11.9. The Hall–Kier alpha value is -1.14. The van der Waals surface area contributed by atoms with E-state index in [0.29, 0.717) is 18.9 Å². The predicted molar refractivity (Wildman–Crippen MR) is 83.8 cm³/mol. The van der Waals surface area contributed by atoms with Gasteiger partial charge in [0.2, 0.25) is 11.8 Å². The van der Waals surface area contributed by atoms with Gasteiger partial charge in [-0.1, -0.05) is 0 Å².